The van der Waals surface area contributed by atoms with Gasteiger partial charge in [0.25, 0.3) is 5.91 Å². The van der Waals surface area contributed by atoms with Gasteiger partial charge in [-0.1, -0.05) is 6.07 Å². The number of methoxy groups -OCH3 is 1. The van der Waals surface area contributed by atoms with Crippen LogP contribution in [0.1, 0.15) is 31.2 Å². The lowest BCUT2D eigenvalue weighted by Gasteiger charge is -2.22. The average Bonchev–Trinajstić information content (AvgIpc) is 3.07. The Kier molecular flexibility index (Phi) is 5.43. The van der Waals surface area contributed by atoms with Gasteiger partial charge in [-0.25, -0.2) is 9.79 Å². The molecule has 130 valence electrons. The molecular formula is C17H23N2O5+. The van der Waals surface area contributed by atoms with Gasteiger partial charge < -0.3 is 20.3 Å². The highest BCUT2D eigenvalue weighted by atomic mass is 16.5. The van der Waals surface area contributed by atoms with Gasteiger partial charge in [0.1, 0.15) is 12.8 Å². The van der Waals surface area contributed by atoms with Crippen LogP contribution in [0, 0.1) is 0 Å². The Bertz CT molecular complexity index is 638. The van der Waals surface area contributed by atoms with Crippen LogP contribution in [-0.2, 0) is 20.7 Å². The zero-order chi connectivity index (χ0) is 17.7. The maximum Gasteiger partial charge on any atom is 0.328 e. The van der Waals surface area contributed by atoms with Crippen molar-refractivity contribution in [3.8, 4) is 11.5 Å². The summed E-state index contributed by atoms with van der Waals surface area (Å²) in [4.78, 5) is 27.5. The summed E-state index contributed by atoms with van der Waals surface area (Å²) in [5.74, 6) is -1.39. The fraction of sp³-hybridized carbons (Fsp3) is 0.471. The standard InChI is InChI=1S/C17H22N2O5/c1-18-17(7-3-4-8-17)16(23)19-12(15(22)24-2)9-11-5-6-13(20)14(21)10-11/h5-6,10,12,20-21H,1,3-4,7-9H2,2H3,(H,19,23)/p+1/t12-/m0/s1. The van der Waals surface area contributed by atoms with Crippen molar-refractivity contribution >= 4 is 18.6 Å². The molecule has 4 N–H and O–H groups in total. The minimum atomic E-state index is -0.891. The van der Waals surface area contributed by atoms with E-state index < -0.39 is 17.6 Å². The quantitative estimate of drug-likeness (QED) is 0.315. The molecule has 0 bridgehead atoms. The van der Waals surface area contributed by atoms with Crippen LogP contribution in [-0.4, -0.2) is 47.5 Å². The first-order valence-corrected chi connectivity index (χ1v) is 7.86. The fourth-order valence-electron chi connectivity index (χ4n) is 3.03. The van der Waals surface area contributed by atoms with Gasteiger partial charge in [-0.3, -0.25) is 4.79 Å². The van der Waals surface area contributed by atoms with E-state index in [4.69, 9.17) is 4.74 Å². The van der Waals surface area contributed by atoms with E-state index in [1.807, 2.05) is 0 Å². The number of rotatable bonds is 6. The SMILES string of the molecule is C=[NH+]C1(C(=O)N[C@@H](Cc2ccc(O)c(O)c2)C(=O)OC)CCCC1. The van der Waals surface area contributed by atoms with Crippen molar-refractivity contribution in [1.82, 2.24) is 5.32 Å². The third-order valence-electron chi connectivity index (χ3n) is 4.50. The smallest absolute Gasteiger partial charge is 0.328 e. The molecule has 1 amide bonds. The molecule has 7 nitrogen and oxygen atoms in total. The molecule has 0 spiro atoms. The maximum atomic E-state index is 12.6. The topological polar surface area (TPSA) is 110 Å². The number of amides is 1. The van der Waals surface area contributed by atoms with Crippen LogP contribution in [0.3, 0.4) is 0 Å². The van der Waals surface area contributed by atoms with Crippen molar-refractivity contribution < 1.29 is 29.5 Å². The number of carbonyl (C=O) groups is 2. The van der Waals surface area contributed by atoms with Gasteiger partial charge in [0.15, 0.2) is 11.5 Å². The molecule has 0 aromatic heterocycles. The highest BCUT2D eigenvalue weighted by molar-refractivity contribution is 5.89. The maximum absolute atomic E-state index is 12.6. The van der Waals surface area contributed by atoms with Gasteiger partial charge in [-0.05, 0) is 30.5 Å². The van der Waals surface area contributed by atoms with Crippen molar-refractivity contribution in [2.45, 2.75) is 43.7 Å². The normalized spacial score (nSPS) is 17.0. The van der Waals surface area contributed by atoms with Crippen LogP contribution in [0.4, 0.5) is 0 Å². The number of hydrogen-bond acceptors (Lipinski definition) is 5. The van der Waals surface area contributed by atoms with E-state index in [-0.39, 0.29) is 23.8 Å². The number of nitrogens with one attached hydrogen (secondary N) is 2. The Morgan fingerprint density at radius 3 is 2.54 bits per heavy atom. The highest BCUT2D eigenvalue weighted by Crippen LogP contribution is 2.27. The third-order valence-corrected chi connectivity index (χ3v) is 4.50. The van der Waals surface area contributed by atoms with Crippen molar-refractivity contribution in [1.29, 1.82) is 0 Å². The summed E-state index contributed by atoms with van der Waals surface area (Å²) in [5, 5.41) is 21.7. The molecular weight excluding hydrogens is 312 g/mol. The number of hydrogen-bond donors (Lipinski definition) is 4. The molecule has 2 rings (SSSR count). The van der Waals surface area contributed by atoms with E-state index in [0.29, 0.717) is 18.4 Å². The minimum absolute atomic E-state index is 0.138. The number of ether oxygens (including phenoxy) is 1. The number of benzene rings is 1. The third kappa shape index (κ3) is 3.67. The summed E-state index contributed by atoms with van der Waals surface area (Å²) in [7, 11) is 1.25. The molecule has 1 aliphatic rings. The average molecular weight is 335 g/mol. The van der Waals surface area contributed by atoms with E-state index >= 15 is 0 Å². The van der Waals surface area contributed by atoms with Gasteiger partial charge in [0.2, 0.25) is 5.54 Å². The largest absolute Gasteiger partial charge is 0.504 e. The van der Waals surface area contributed by atoms with Gasteiger partial charge in [-0.2, -0.15) is 0 Å². The zero-order valence-corrected chi connectivity index (χ0v) is 13.7. The van der Waals surface area contributed by atoms with E-state index in [2.05, 4.69) is 17.0 Å². The lowest BCUT2D eigenvalue weighted by atomic mass is 9.96. The number of carbonyl (C=O) groups excluding carboxylic acids is 2. The monoisotopic (exact) mass is 335 g/mol. The molecule has 1 fully saturated rings. The van der Waals surface area contributed by atoms with Crippen molar-refractivity contribution in [3.63, 3.8) is 0 Å². The predicted octanol–water partition coefficient (Wildman–Crippen LogP) is -0.608. The Labute approximate surface area is 140 Å². The zero-order valence-electron chi connectivity index (χ0n) is 13.7. The first-order chi connectivity index (χ1) is 11.4. The van der Waals surface area contributed by atoms with Crippen molar-refractivity contribution in [2.24, 2.45) is 0 Å². The summed E-state index contributed by atoms with van der Waals surface area (Å²) in [6.07, 6.45) is 3.31. The number of esters is 1. The second-order valence-corrected chi connectivity index (χ2v) is 6.04. The van der Waals surface area contributed by atoms with Gasteiger partial charge >= 0.3 is 5.97 Å². The summed E-state index contributed by atoms with van der Waals surface area (Å²) < 4.78 is 4.77. The fourth-order valence-corrected chi connectivity index (χ4v) is 3.03. The van der Waals surface area contributed by atoms with Crippen LogP contribution in [0.5, 0.6) is 11.5 Å². The van der Waals surface area contributed by atoms with Gasteiger partial charge in [0.05, 0.1) is 7.11 Å². The van der Waals surface area contributed by atoms with E-state index in [1.165, 1.54) is 19.2 Å². The second kappa shape index (κ2) is 7.33. The molecule has 1 atom stereocenters. The summed E-state index contributed by atoms with van der Waals surface area (Å²) in [6, 6.07) is 3.36. The van der Waals surface area contributed by atoms with Gasteiger partial charge in [0, 0.05) is 19.3 Å². The molecule has 0 heterocycles. The molecule has 1 saturated carbocycles. The lowest BCUT2D eigenvalue weighted by Crippen LogP contribution is -2.87. The number of phenolic OH excluding ortho intramolecular Hbond substituents is 2. The molecule has 1 aromatic rings. The first kappa shape index (κ1) is 17.8. The highest BCUT2D eigenvalue weighted by Gasteiger charge is 2.46. The predicted molar refractivity (Wildman–Crippen MR) is 86.7 cm³/mol. The summed E-state index contributed by atoms with van der Waals surface area (Å²) in [6.45, 7) is 3.65. The lowest BCUT2D eigenvalue weighted by molar-refractivity contribution is -0.525. The molecule has 1 aromatic carbocycles. The Hall–Kier alpha value is -2.57. The second-order valence-electron chi connectivity index (χ2n) is 6.04. The minimum Gasteiger partial charge on any atom is -0.504 e. The van der Waals surface area contributed by atoms with Gasteiger partial charge in [-0.15, -0.1) is 0 Å². The summed E-state index contributed by atoms with van der Waals surface area (Å²) >= 11 is 0. The number of phenols is 2. The molecule has 0 unspecified atom stereocenters. The van der Waals surface area contributed by atoms with Crippen molar-refractivity contribution in [3.05, 3.63) is 23.8 Å². The van der Waals surface area contributed by atoms with Crippen LogP contribution in [0.25, 0.3) is 0 Å². The van der Waals surface area contributed by atoms with Crippen molar-refractivity contribution in [2.75, 3.05) is 7.11 Å². The molecule has 7 heteroatoms. The molecule has 24 heavy (non-hydrogen) atoms. The van der Waals surface area contributed by atoms with E-state index in [9.17, 15) is 19.8 Å². The number of aromatic hydroxyl groups is 2. The van der Waals surface area contributed by atoms with Crippen LogP contribution >= 0.6 is 0 Å². The Morgan fingerprint density at radius 2 is 2.00 bits per heavy atom. The van der Waals surface area contributed by atoms with E-state index in [1.54, 1.807) is 6.07 Å². The van der Waals surface area contributed by atoms with E-state index in [0.717, 1.165) is 12.8 Å². The molecule has 0 aliphatic heterocycles. The Balaban J connectivity index is 2.16. The Morgan fingerprint density at radius 1 is 1.33 bits per heavy atom. The first-order valence-electron chi connectivity index (χ1n) is 7.86. The van der Waals surface area contributed by atoms with Crippen LogP contribution in [0.15, 0.2) is 18.2 Å². The molecule has 1 aliphatic carbocycles. The van der Waals surface area contributed by atoms with Crippen LogP contribution in [0.2, 0.25) is 0 Å². The molecule has 0 saturated heterocycles. The van der Waals surface area contributed by atoms with Crippen LogP contribution < -0.4 is 10.3 Å². The molecule has 0 radical (unpaired) electrons. The summed E-state index contributed by atoms with van der Waals surface area (Å²) in [5.41, 5.74) is -0.173.